The fraction of sp³-hybridized carbons (Fsp3) is 0.167. The van der Waals surface area contributed by atoms with Crippen LogP contribution < -0.4 is 0 Å². The Bertz CT molecular complexity index is 932. The SMILES string of the molecule is c1ccc(SCCCc2nc(-c3ccn4cncc4c3)no2)cc1. The number of fused-ring (bicyclic) bond motifs is 1. The molecule has 0 bridgehead atoms. The minimum absolute atomic E-state index is 0.629. The molecule has 24 heavy (non-hydrogen) atoms. The van der Waals surface area contributed by atoms with Gasteiger partial charge < -0.3 is 8.92 Å². The van der Waals surface area contributed by atoms with Gasteiger partial charge in [-0.15, -0.1) is 11.8 Å². The Morgan fingerprint density at radius 2 is 2.04 bits per heavy atom. The highest BCUT2D eigenvalue weighted by molar-refractivity contribution is 7.99. The van der Waals surface area contributed by atoms with Gasteiger partial charge in [0.2, 0.25) is 11.7 Å². The van der Waals surface area contributed by atoms with Crippen molar-refractivity contribution >= 4 is 17.3 Å². The molecule has 0 saturated carbocycles. The van der Waals surface area contributed by atoms with E-state index in [-0.39, 0.29) is 0 Å². The molecule has 0 N–H and O–H groups in total. The van der Waals surface area contributed by atoms with Crippen molar-refractivity contribution < 1.29 is 4.52 Å². The fourth-order valence-electron chi connectivity index (χ4n) is 2.46. The highest BCUT2D eigenvalue weighted by Gasteiger charge is 2.09. The number of hydrogen-bond acceptors (Lipinski definition) is 5. The second kappa shape index (κ2) is 6.88. The van der Waals surface area contributed by atoms with E-state index in [1.165, 1.54) is 4.90 Å². The first-order valence-electron chi connectivity index (χ1n) is 7.81. The van der Waals surface area contributed by atoms with Crippen molar-refractivity contribution in [2.24, 2.45) is 0 Å². The van der Waals surface area contributed by atoms with Crippen LogP contribution in [0.1, 0.15) is 12.3 Å². The molecular formula is C18H16N4OS. The zero-order valence-corrected chi connectivity index (χ0v) is 13.8. The van der Waals surface area contributed by atoms with Gasteiger partial charge in [0.1, 0.15) is 0 Å². The van der Waals surface area contributed by atoms with E-state index >= 15 is 0 Å². The number of rotatable bonds is 6. The monoisotopic (exact) mass is 336 g/mol. The van der Waals surface area contributed by atoms with Crippen molar-refractivity contribution in [1.29, 1.82) is 0 Å². The van der Waals surface area contributed by atoms with E-state index in [0.717, 1.165) is 29.7 Å². The topological polar surface area (TPSA) is 56.2 Å². The first-order valence-corrected chi connectivity index (χ1v) is 8.79. The number of aryl methyl sites for hydroxylation is 1. The summed E-state index contributed by atoms with van der Waals surface area (Å²) < 4.78 is 7.32. The molecule has 6 heteroatoms. The van der Waals surface area contributed by atoms with Crippen LogP contribution in [0.4, 0.5) is 0 Å². The number of aromatic nitrogens is 4. The van der Waals surface area contributed by atoms with Gasteiger partial charge in [-0.2, -0.15) is 4.98 Å². The summed E-state index contributed by atoms with van der Waals surface area (Å²) in [5.41, 5.74) is 1.95. The highest BCUT2D eigenvalue weighted by Crippen LogP contribution is 2.20. The van der Waals surface area contributed by atoms with Crippen LogP contribution >= 0.6 is 11.8 Å². The normalized spacial score (nSPS) is 11.2. The molecule has 0 radical (unpaired) electrons. The number of pyridine rings is 1. The molecule has 0 saturated heterocycles. The standard InChI is InChI=1S/C18H16N4OS/c1-2-5-16(6-3-1)24-10-4-7-17-20-18(21-23-17)14-8-9-22-13-19-12-15(22)11-14/h1-3,5-6,8-9,11-13H,4,7,10H2. The van der Waals surface area contributed by atoms with Crippen LogP contribution in [0.15, 0.2) is 70.6 Å². The average molecular weight is 336 g/mol. The number of nitrogens with zero attached hydrogens (tertiary/aromatic N) is 4. The summed E-state index contributed by atoms with van der Waals surface area (Å²) in [5, 5.41) is 4.09. The summed E-state index contributed by atoms with van der Waals surface area (Å²) in [6, 6.07) is 14.4. The van der Waals surface area contributed by atoms with Gasteiger partial charge in [0, 0.05) is 23.1 Å². The minimum atomic E-state index is 0.629. The molecule has 4 aromatic rings. The maximum absolute atomic E-state index is 5.37. The van der Waals surface area contributed by atoms with E-state index in [2.05, 4.69) is 39.4 Å². The van der Waals surface area contributed by atoms with E-state index in [1.54, 1.807) is 6.33 Å². The van der Waals surface area contributed by atoms with Gasteiger partial charge in [0.05, 0.1) is 18.0 Å². The summed E-state index contributed by atoms with van der Waals surface area (Å²) in [5.74, 6) is 2.35. The molecule has 1 aromatic carbocycles. The Balaban J connectivity index is 1.36. The van der Waals surface area contributed by atoms with E-state index in [0.29, 0.717) is 11.7 Å². The Labute approximate surface area is 143 Å². The number of hydrogen-bond donors (Lipinski definition) is 0. The van der Waals surface area contributed by atoms with Gasteiger partial charge in [-0.3, -0.25) is 0 Å². The molecule has 0 spiro atoms. The lowest BCUT2D eigenvalue weighted by atomic mass is 10.2. The zero-order chi connectivity index (χ0) is 16.2. The van der Waals surface area contributed by atoms with Gasteiger partial charge in [0.15, 0.2) is 0 Å². The lowest BCUT2D eigenvalue weighted by Gasteiger charge is -1.99. The van der Waals surface area contributed by atoms with Crippen LogP contribution in [0.5, 0.6) is 0 Å². The van der Waals surface area contributed by atoms with Crippen molar-refractivity contribution in [3.8, 4) is 11.4 Å². The van der Waals surface area contributed by atoms with E-state index in [9.17, 15) is 0 Å². The zero-order valence-electron chi connectivity index (χ0n) is 13.0. The van der Waals surface area contributed by atoms with Crippen molar-refractivity contribution in [2.45, 2.75) is 17.7 Å². The van der Waals surface area contributed by atoms with Gasteiger partial charge >= 0.3 is 0 Å². The predicted molar refractivity (Wildman–Crippen MR) is 94.0 cm³/mol. The number of thioether (sulfide) groups is 1. The van der Waals surface area contributed by atoms with Crippen LogP contribution in [0.2, 0.25) is 0 Å². The molecule has 0 unspecified atom stereocenters. The third kappa shape index (κ3) is 3.33. The van der Waals surface area contributed by atoms with E-state index < -0.39 is 0 Å². The lowest BCUT2D eigenvalue weighted by molar-refractivity contribution is 0.378. The largest absolute Gasteiger partial charge is 0.339 e. The van der Waals surface area contributed by atoms with Crippen LogP contribution in [-0.2, 0) is 6.42 Å². The molecule has 0 atom stereocenters. The van der Waals surface area contributed by atoms with Crippen LogP contribution in [0.3, 0.4) is 0 Å². The summed E-state index contributed by atoms with van der Waals surface area (Å²) in [6.45, 7) is 0. The first-order chi connectivity index (χ1) is 11.9. The summed E-state index contributed by atoms with van der Waals surface area (Å²) in [4.78, 5) is 9.90. The minimum Gasteiger partial charge on any atom is -0.339 e. The molecular weight excluding hydrogens is 320 g/mol. The van der Waals surface area contributed by atoms with Crippen LogP contribution in [-0.4, -0.2) is 25.3 Å². The smallest absolute Gasteiger partial charge is 0.226 e. The maximum atomic E-state index is 5.37. The van der Waals surface area contributed by atoms with Gasteiger partial charge in [-0.25, -0.2) is 4.98 Å². The number of benzene rings is 1. The Kier molecular flexibility index (Phi) is 4.29. The van der Waals surface area contributed by atoms with Gasteiger partial charge in [0.25, 0.3) is 0 Å². The van der Waals surface area contributed by atoms with Gasteiger partial charge in [-0.05, 0) is 36.4 Å². The molecule has 4 rings (SSSR count). The van der Waals surface area contributed by atoms with E-state index in [4.69, 9.17) is 4.52 Å². The van der Waals surface area contributed by atoms with Crippen molar-refractivity contribution in [3.05, 3.63) is 67.1 Å². The lowest BCUT2D eigenvalue weighted by Crippen LogP contribution is -1.89. The molecule has 0 fully saturated rings. The first kappa shape index (κ1) is 15.0. The predicted octanol–water partition coefficient (Wildman–Crippen LogP) is 4.11. The molecule has 120 valence electrons. The fourth-order valence-corrected chi connectivity index (χ4v) is 3.34. The molecule has 0 amide bonds. The molecule has 5 nitrogen and oxygen atoms in total. The van der Waals surface area contributed by atoms with Crippen molar-refractivity contribution in [2.75, 3.05) is 5.75 Å². The van der Waals surface area contributed by atoms with E-state index in [1.807, 2.05) is 46.8 Å². The van der Waals surface area contributed by atoms with Gasteiger partial charge in [-0.1, -0.05) is 23.4 Å². The molecule has 0 aliphatic carbocycles. The van der Waals surface area contributed by atoms with Crippen molar-refractivity contribution in [3.63, 3.8) is 0 Å². The van der Waals surface area contributed by atoms with Crippen LogP contribution in [0, 0.1) is 0 Å². The Morgan fingerprint density at radius 1 is 1.12 bits per heavy atom. The second-order valence-electron chi connectivity index (χ2n) is 5.42. The quantitative estimate of drug-likeness (QED) is 0.392. The Hall–Kier alpha value is -2.60. The molecule has 0 aliphatic heterocycles. The Morgan fingerprint density at radius 3 is 2.96 bits per heavy atom. The average Bonchev–Trinajstić information content (AvgIpc) is 3.28. The van der Waals surface area contributed by atoms with Crippen molar-refractivity contribution in [1.82, 2.24) is 19.5 Å². The third-order valence-corrected chi connectivity index (χ3v) is 4.79. The third-order valence-electron chi connectivity index (χ3n) is 3.69. The highest BCUT2D eigenvalue weighted by atomic mass is 32.2. The maximum Gasteiger partial charge on any atom is 0.226 e. The summed E-state index contributed by atoms with van der Waals surface area (Å²) in [6.07, 6.45) is 7.32. The summed E-state index contributed by atoms with van der Waals surface area (Å²) >= 11 is 1.85. The van der Waals surface area contributed by atoms with Crippen LogP contribution in [0.25, 0.3) is 16.9 Å². The summed E-state index contributed by atoms with van der Waals surface area (Å²) in [7, 11) is 0. The molecule has 0 aliphatic rings. The molecule has 3 heterocycles. The second-order valence-corrected chi connectivity index (χ2v) is 6.59. The number of imidazole rings is 1. The molecule has 3 aromatic heterocycles.